The van der Waals surface area contributed by atoms with Gasteiger partial charge in [-0.05, 0) is 24.1 Å². The zero-order valence-corrected chi connectivity index (χ0v) is 9.42. The normalized spacial score (nSPS) is 14.3. The van der Waals surface area contributed by atoms with Crippen molar-refractivity contribution in [1.29, 1.82) is 0 Å². The fourth-order valence-electron chi connectivity index (χ4n) is 1.44. The third-order valence-electron chi connectivity index (χ3n) is 2.10. The van der Waals surface area contributed by atoms with Gasteiger partial charge < -0.3 is 9.84 Å². The Hall–Kier alpha value is -1.44. The maximum atomic E-state index is 12.0. The minimum absolute atomic E-state index is 0.284. The molecule has 19 heavy (non-hydrogen) atoms. The Balaban J connectivity index is 2.57. The Labute approximate surface area is 104 Å². The van der Waals surface area contributed by atoms with Crippen molar-refractivity contribution in [2.45, 2.75) is 31.5 Å². The Morgan fingerprint density at radius 3 is 1.95 bits per heavy atom. The van der Waals surface area contributed by atoms with E-state index in [2.05, 4.69) is 4.74 Å². The van der Waals surface area contributed by atoms with Gasteiger partial charge in [-0.1, -0.05) is 12.1 Å². The Morgan fingerprint density at radius 2 is 1.53 bits per heavy atom. The molecule has 1 rings (SSSR count). The Kier molecular flexibility index (Phi) is 4.67. The summed E-state index contributed by atoms with van der Waals surface area (Å²) in [5.74, 6) is -0.471. The average Bonchev–Trinajstić information content (AvgIpc) is 2.15. The number of hydrogen-bond acceptors (Lipinski definition) is 2. The van der Waals surface area contributed by atoms with E-state index in [1.807, 2.05) is 0 Å². The van der Waals surface area contributed by atoms with Crippen LogP contribution in [0.4, 0.5) is 26.3 Å². The number of halogens is 6. The highest BCUT2D eigenvalue weighted by atomic mass is 19.4. The molecule has 0 saturated carbocycles. The second kappa shape index (κ2) is 5.68. The number of aliphatic hydroxyl groups excluding tert-OH is 1. The first-order valence-electron chi connectivity index (χ1n) is 5.15. The van der Waals surface area contributed by atoms with Crippen LogP contribution in [0, 0.1) is 0 Å². The van der Waals surface area contributed by atoms with Gasteiger partial charge in [0.25, 0.3) is 0 Å². The lowest BCUT2D eigenvalue weighted by atomic mass is 10.1. The zero-order chi connectivity index (χ0) is 14.7. The molecule has 1 atom stereocenters. The summed E-state index contributed by atoms with van der Waals surface area (Å²) >= 11 is 0. The van der Waals surface area contributed by atoms with Crippen molar-refractivity contribution in [3.05, 3.63) is 29.8 Å². The lowest BCUT2D eigenvalue weighted by molar-refractivity contribution is -0.274. The second-order valence-corrected chi connectivity index (χ2v) is 3.87. The molecule has 1 aromatic carbocycles. The lowest BCUT2D eigenvalue weighted by Gasteiger charge is -2.13. The summed E-state index contributed by atoms with van der Waals surface area (Å²) in [4.78, 5) is 0. The highest BCUT2D eigenvalue weighted by molar-refractivity contribution is 5.27. The van der Waals surface area contributed by atoms with Gasteiger partial charge in [0.2, 0.25) is 0 Å². The topological polar surface area (TPSA) is 29.5 Å². The van der Waals surface area contributed by atoms with Crippen LogP contribution < -0.4 is 4.74 Å². The number of ether oxygens (including phenoxy) is 1. The van der Waals surface area contributed by atoms with Gasteiger partial charge in [-0.3, -0.25) is 0 Å². The zero-order valence-electron chi connectivity index (χ0n) is 9.42. The first-order chi connectivity index (χ1) is 8.55. The van der Waals surface area contributed by atoms with E-state index in [9.17, 15) is 26.3 Å². The van der Waals surface area contributed by atoms with Gasteiger partial charge in [0.1, 0.15) is 5.75 Å². The van der Waals surface area contributed by atoms with Crippen molar-refractivity contribution in [2.75, 3.05) is 0 Å². The van der Waals surface area contributed by atoms with E-state index in [4.69, 9.17) is 5.11 Å². The van der Waals surface area contributed by atoms with E-state index in [1.54, 1.807) is 0 Å². The van der Waals surface area contributed by atoms with Crippen LogP contribution in [0.2, 0.25) is 0 Å². The summed E-state index contributed by atoms with van der Waals surface area (Å²) in [5, 5.41) is 9.16. The summed E-state index contributed by atoms with van der Waals surface area (Å²) in [5.41, 5.74) is 0.284. The summed E-state index contributed by atoms with van der Waals surface area (Å²) in [7, 11) is 0. The van der Waals surface area contributed by atoms with Gasteiger partial charge in [-0.2, -0.15) is 13.2 Å². The quantitative estimate of drug-likeness (QED) is 0.860. The molecule has 1 unspecified atom stereocenters. The molecule has 0 heterocycles. The highest BCUT2D eigenvalue weighted by Crippen LogP contribution is 2.25. The van der Waals surface area contributed by atoms with Crippen LogP contribution in [0.15, 0.2) is 24.3 Å². The van der Waals surface area contributed by atoms with Gasteiger partial charge in [-0.15, -0.1) is 13.2 Å². The molecule has 0 aliphatic heterocycles. The van der Waals surface area contributed by atoms with Gasteiger partial charge in [0, 0.05) is 0 Å². The predicted octanol–water partition coefficient (Wildman–Crippen LogP) is 3.44. The van der Waals surface area contributed by atoms with Crippen molar-refractivity contribution in [3.8, 4) is 5.75 Å². The Morgan fingerprint density at radius 1 is 1.00 bits per heavy atom. The minimum atomic E-state index is -4.82. The van der Waals surface area contributed by atoms with Crippen LogP contribution in [-0.4, -0.2) is 23.7 Å². The summed E-state index contributed by atoms with van der Waals surface area (Å²) in [6.45, 7) is 0. The molecule has 8 heteroatoms. The van der Waals surface area contributed by atoms with Crippen LogP contribution in [0.5, 0.6) is 5.75 Å². The van der Waals surface area contributed by atoms with Gasteiger partial charge in [-0.25, -0.2) is 0 Å². The first kappa shape index (κ1) is 15.6. The SMILES string of the molecule is OC(Cc1ccc(OC(F)(F)F)cc1)CC(F)(F)F. The number of alkyl halides is 6. The average molecular weight is 288 g/mol. The van der Waals surface area contributed by atoms with E-state index >= 15 is 0 Å². The molecular weight excluding hydrogens is 278 g/mol. The van der Waals surface area contributed by atoms with E-state index < -0.39 is 30.8 Å². The third kappa shape index (κ3) is 6.90. The van der Waals surface area contributed by atoms with Gasteiger partial charge in [0.05, 0.1) is 12.5 Å². The molecule has 0 aliphatic carbocycles. The monoisotopic (exact) mass is 288 g/mol. The van der Waals surface area contributed by atoms with Crippen LogP contribution in [0.3, 0.4) is 0 Å². The highest BCUT2D eigenvalue weighted by Gasteiger charge is 2.32. The van der Waals surface area contributed by atoms with Crippen LogP contribution in [0.25, 0.3) is 0 Å². The Bertz CT molecular complexity index is 395. The molecular formula is C11H10F6O2. The second-order valence-electron chi connectivity index (χ2n) is 3.87. The molecule has 108 valence electrons. The largest absolute Gasteiger partial charge is 0.573 e. The van der Waals surface area contributed by atoms with Crippen molar-refractivity contribution >= 4 is 0 Å². The maximum absolute atomic E-state index is 12.0. The van der Waals surface area contributed by atoms with Crippen molar-refractivity contribution in [2.24, 2.45) is 0 Å². The smallest absolute Gasteiger partial charge is 0.406 e. The predicted molar refractivity (Wildman–Crippen MR) is 53.5 cm³/mol. The first-order valence-corrected chi connectivity index (χ1v) is 5.15. The van der Waals surface area contributed by atoms with E-state index in [1.165, 1.54) is 12.1 Å². The third-order valence-corrected chi connectivity index (χ3v) is 2.10. The fraction of sp³-hybridized carbons (Fsp3) is 0.455. The molecule has 0 fully saturated rings. The van der Waals surface area contributed by atoms with Crippen molar-refractivity contribution in [1.82, 2.24) is 0 Å². The van der Waals surface area contributed by atoms with Crippen LogP contribution >= 0.6 is 0 Å². The van der Waals surface area contributed by atoms with Gasteiger partial charge >= 0.3 is 12.5 Å². The van der Waals surface area contributed by atoms with E-state index in [0.717, 1.165) is 12.1 Å². The fourth-order valence-corrected chi connectivity index (χ4v) is 1.44. The molecule has 0 aromatic heterocycles. The maximum Gasteiger partial charge on any atom is 0.573 e. The number of hydrogen-bond donors (Lipinski definition) is 1. The molecule has 2 nitrogen and oxygen atoms in total. The van der Waals surface area contributed by atoms with Gasteiger partial charge in [0.15, 0.2) is 0 Å². The molecule has 0 spiro atoms. The summed E-state index contributed by atoms with van der Waals surface area (Å²) in [6, 6.07) is 4.29. The number of aliphatic hydroxyl groups is 1. The standard InChI is InChI=1S/C11H10F6O2/c12-10(13,14)6-8(18)5-7-1-3-9(4-2-7)19-11(15,16)17/h1-4,8,18H,5-6H2. The molecule has 1 aromatic rings. The number of benzene rings is 1. The minimum Gasteiger partial charge on any atom is -0.406 e. The molecule has 0 bridgehead atoms. The lowest BCUT2D eigenvalue weighted by Crippen LogP contribution is -2.21. The molecule has 0 saturated heterocycles. The molecule has 0 amide bonds. The summed E-state index contributed by atoms with van der Waals surface area (Å²) in [6.07, 6.45) is -12.6. The van der Waals surface area contributed by atoms with Crippen molar-refractivity contribution < 1.29 is 36.2 Å². The molecule has 1 N–H and O–H groups in total. The number of rotatable bonds is 4. The molecule has 0 aliphatic rings. The van der Waals surface area contributed by atoms with Crippen LogP contribution in [0.1, 0.15) is 12.0 Å². The summed E-state index contributed by atoms with van der Waals surface area (Å²) < 4.78 is 75.0. The van der Waals surface area contributed by atoms with E-state index in [0.29, 0.717) is 0 Å². The van der Waals surface area contributed by atoms with E-state index in [-0.39, 0.29) is 12.0 Å². The molecule has 0 radical (unpaired) electrons. The van der Waals surface area contributed by atoms with Crippen LogP contribution in [-0.2, 0) is 6.42 Å². The van der Waals surface area contributed by atoms with Crippen molar-refractivity contribution in [3.63, 3.8) is 0 Å².